The Morgan fingerprint density at radius 2 is 1.35 bits per heavy atom. The Balaban J connectivity index is -0.000000231. The standard InChI is InChI=1S/C9H14N2O2.C8H14N2O.C8H12N2O.Al.Li.Mn.2O.H/c1-9(2,3)7-6(8(12)13-4)10-5-11-7;2*1-8(2,3)7-6(4-11)9-5-10-7;;;;;;/h5H,1-4H3,(H,10,11);5,11H,4H2,1-3H3,(H,9,10);4-5H,1-3H3,(H,9,10);;;;;;/q;;;;+1;;;;-1. The second kappa shape index (κ2) is 19.2. The first-order chi connectivity index (χ1) is 17.5. The van der Waals surface area contributed by atoms with Gasteiger partial charge in [0.1, 0.15) is 5.69 Å². The van der Waals surface area contributed by atoms with Crippen LogP contribution in [-0.2, 0) is 50.1 Å². The number of esters is 1. The van der Waals surface area contributed by atoms with Crippen molar-refractivity contribution in [1.29, 1.82) is 0 Å². The number of methoxy groups -OCH3 is 1. The summed E-state index contributed by atoms with van der Waals surface area (Å²) in [5.74, 6) is -0.397. The number of hydrogen-bond donors (Lipinski definition) is 4. The number of aliphatic hydroxyl groups is 1. The van der Waals surface area contributed by atoms with Crippen LogP contribution in [0.1, 0.15) is 107 Å². The molecule has 4 N–H and O–H groups in total. The van der Waals surface area contributed by atoms with E-state index in [0.29, 0.717) is 11.4 Å². The zero-order chi connectivity index (χ0) is 29.7. The van der Waals surface area contributed by atoms with Gasteiger partial charge in [0.2, 0.25) is 0 Å². The van der Waals surface area contributed by atoms with Crippen molar-refractivity contribution in [2.75, 3.05) is 7.11 Å². The zero-order valence-corrected chi connectivity index (χ0v) is 27.6. The summed E-state index contributed by atoms with van der Waals surface area (Å²) in [5, 5.41) is 8.90. The zero-order valence-electron chi connectivity index (χ0n) is 26.3. The predicted molar refractivity (Wildman–Crippen MR) is 143 cm³/mol. The van der Waals surface area contributed by atoms with Gasteiger partial charge in [-0.1, -0.05) is 62.3 Å². The topological polar surface area (TPSA) is 184 Å². The number of carbonyl (C=O) groups excluding carboxylic acids is 2. The summed E-state index contributed by atoms with van der Waals surface area (Å²) in [4.78, 5) is 42.4. The number of rotatable bonds is 3. The van der Waals surface area contributed by atoms with Gasteiger partial charge in [0.05, 0.1) is 55.5 Å². The summed E-state index contributed by atoms with van der Waals surface area (Å²) in [6, 6.07) is 0. The number of aromatic amines is 3. The number of hydrogen-bond acceptors (Lipinski definition) is 9. The number of nitrogens with one attached hydrogen (secondary N) is 3. The molecule has 0 fully saturated rings. The van der Waals surface area contributed by atoms with E-state index in [4.69, 9.17) is 12.8 Å². The van der Waals surface area contributed by atoms with E-state index in [9.17, 15) is 9.59 Å². The first kappa shape index (κ1) is 42.4. The third-order valence-corrected chi connectivity index (χ3v) is 4.89. The maximum atomic E-state index is 11.2. The summed E-state index contributed by atoms with van der Waals surface area (Å²) in [6.45, 7) is 18.4. The molecule has 0 aliphatic rings. The molecule has 15 heteroatoms. The van der Waals surface area contributed by atoms with E-state index in [-0.39, 0.29) is 60.5 Å². The molecular weight excluding hydrogens is 569 g/mol. The number of imidazole rings is 3. The number of aldehydes is 1. The summed E-state index contributed by atoms with van der Waals surface area (Å²) < 4.78 is 21.4. The van der Waals surface area contributed by atoms with Gasteiger partial charge in [0.15, 0.2) is 12.0 Å². The van der Waals surface area contributed by atoms with Gasteiger partial charge in [0.25, 0.3) is 0 Å². The van der Waals surface area contributed by atoms with E-state index in [2.05, 4.69) is 55.4 Å². The number of ether oxygens (including phenoxy) is 1. The number of H-pyrrole nitrogens is 3. The molecule has 0 aliphatic heterocycles. The molecule has 0 atom stereocenters. The number of carbonyl (C=O) groups is 2. The molecule has 3 aromatic heterocycles. The molecule has 0 saturated carbocycles. The van der Waals surface area contributed by atoms with E-state index in [1.165, 1.54) is 13.4 Å². The van der Waals surface area contributed by atoms with Crippen molar-refractivity contribution >= 4 is 29.6 Å². The molecule has 3 radical (unpaired) electrons. The fourth-order valence-corrected chi connectivity index (χ4v) is 3.20. The van der Waals surface area contributed by atoms with Crippen LogP contribution in [0, 0.1) is 0 Å². The van der Waals surface area contributed by atoms with Gasteiger partial charge in [-0.25, -0.2) is 19.7 Å². The molecule has 0 spiro atoms. The molecule has 3 rings (SSSR count). The van der Waals surface area contributed by atoms with Crippen LogP contribution in [0.5, 0.6) is 0 Å². The molecule has 3 aromatic rings. The fraction of sp³-hybridized carbons (Fsp3) is 0.560. The quantitative estimate of drug-likeness (QED) is 0.188. The average Bonchev–Trinajstić information content (AvgIpc) is 3.58. The van der Waals surface area contributed by atoms with E-state index in [1.54, 1.807) is 12.7 Å². The number of aliphatic hydroxyl groups excluding tert-OH is 1. The van der Waals surface area contributed by atoms with E-state index in [0.717, 1.165) is 29.1 Å². The van der Waals surface area contributed by atoms with Crippen molar-refractivity contribution in [2.45, 2.75) is 85.2 Å². The molecule has 3 heterocycles. The van der Waals surface area contributed by atoms with Gasteiger partial charge in [0, 0.05) is 33.6 Å². The Morgan fingerprint density at radius 1 is 0.900 bits per heavy atom. The molecule has 0 aliphatic carbocycles. The molecule has 12 nitrogen and oxygen atoms in total. The van der Waals surface area contributed by atoms with Crippen molar-refractivity contribution in [1.82, 2.24) is 29.9 Å². The SMILES string of the molecule is CC(C)(C)c1[nH]cnc1C=O.CC(C)(C)c1nc[nH]c1CO.COC(=O)c1nc[nH]c1C(C)(C)C.[Al].[H-].[Li+].[O]=[Mn]=[O]. The normalized spacial score (nSPS) is 10.5. The molecule has 0 unspecified atom stereocenters. The molecule has 0 aromatic carbocycles. The van der Waals surface area contributed by atoms with E-state index in [1.807, 2.05) is 41.5 Å². The maximum absolute atomic E-state index is 11.2. The molecule has 40 heavy (non-hydrogen) atoms. The Bertz CT molecular complexity index is 1190. The monoisotopic (exact) mass is 610 g/mol. The van der Waals surface area contributed by atoms with Crippen molar-refractivity contribution in [3.63, 3.8) is 0 Å². The summed E-state index contributed by atoms with van der Waals surface area (Å²) in [6.07, 6.45) is 5.44. The van der Waals surface area contributed by atoms with E-state index < -0.39 is 20.8 Å². The Hall–Kier alpha value is -2.02. The van der Waals surface area contributed by atoms with Gasteiger partial charge in [-0.2, -0.15) is 0 Å². The molecule has 0 amide bonds. The van der Waals surface area contributed by atoms with Crippen LogP contribution >= 0.6 is 0 Å². The Labute approximate surface area is 266 Å². The van der Waals surface area contributed by atoms with Crippen LogP contribution in [0.4, 0.5) is 0 Å². The van der Waals surface area contributed by atoms with Crippen molar-refractivity contribution in [2.24, 2.45) is 0 Å². The molecule has 218 valence electrons. The van der Waals surface area contributed by atoms with Gasteiger partial charge in [-0.3, -0.25) is 4.79 Å². The van der Waals surface area contributed by atoms with Crippen LogP contribution in [0.25, 0.3) is 0 Å². The van der Waals surface area contributed by atoms with Gasteiger partial charge < -0.3 is 26.2 Å². The summed E-state index contributed by atoms with van der Waals surface area (Å²) in [7, 11) is 1.35. The van der Waals surface area contributed by atoms with Crippen molar-refractivity contribution < 1.29 is 62.2 Å². The van der Waals surface area contributed by atoms with Crippen LogP contribution < -0.4 is 18.9 Å². The second-order valence-corrected chi connectivity index (χ2v) is 11.3. The minimum atomic E-state index is -1.44. The van der Waals surface area contributed by atoms with Crippen LogP contribution in [0.2, 0.25) is 0 Å². The van der Waals surface area contributed by atoms with E-state index >= 15 is 0 Å². The van der Waals surface area contributed by atoms with Crippen LogP contribution in [0.3, 0.4) is 0 Å². The molecule has 0 bridgehead atoms. The molecule has 0 saturated heterocycles. The number of nitrogens with zero attached hydrogens (tertiary/aromatic N) is 3. The fourth-order valence-electron chi connectivity index (χ4n) is 3.20. The first-order valence-electron chi connectivity index (χ1n) is 11.6. The van der Waals surface area contributed by atoms with Gasteiger partial charge in [-0.05, 0) is 0 Å². The summed E-state index contributed by atoms with van der Waals surface area (Å²) in [5.41, 5.74) is 4.20. The van der Waals surface area contributed by atoms with Crippen LogP contribution in [0.15, 0.2) is 19.0 Å². The predicted octanol–water partition coefficient (Wildman–Crippen LogP) is 0.709. The van der Waals surface area contributed by atoms with Gasteiger partial charge in [-0.15, -0.1) is 0 Å². The minimum absolute atomic E-state index is 0. The summed E-state index contributed by atoms with van der Waals surface area (Å²) >= 11 is -1.44. The van der Waals surface area contributed by atoms with Crippen molar-refractivity contribution in [3.8, 4) is 0 Å². The Morgan fingerprint density at radius 3 is 1.70 bits per heavy atom. The number of aromatic nitrogens is 6. The van der Waals surface area contributed by atoms with Crippen molar-refractivity contribution in [3.05, 3.63) is 53.1 Å². The average molecular weight is 611 g/mol. The third-order valence-electron chi connectivity index (χ3n) is 4.89. The second-order valence-electron chi connectivity index (χ2n) is 11.1. The third kappa shape index (κ3) is 14.0. The van der Waals surface area contributed by atoms with Gasteiger partial charge >= 0.3 is 47.3 Å². The Kier molecular flexibility index (Phi) is 20.3. The van der Waals surface area contributed by atoms with Crippen LogP contribution in [-0.4, -0.2) is 71.7 Å². The molecular formula is C25H41AlLiMnN6O6. The first-order valence-corrected chi connectivity index (χ1v) is 12.6.